The molecule has 0 aliphatic carbocycles. The van der Waals surface area contributed by atoms with Crippen molar-refractivity contribution in [3.8, 4) is 0 Å². The van der Waals surface area contributed by atoms with Crippen molar-refractivity contribution < 1.29 is 9.90 Å². The molecule has 0 bridgehead atoms. The van der Waals surface area contributed by atoms with Crippen LogP contribution in [-0.4, -0.2) is 22.4 Å². The Morgan fingerprint density at radius 3 is 2.24 bits per heavy atom. The lowest BCUT2D eigenvalue weighted by Crippen LogP contribution is -2.12. The smallest absolute Gasteiger partial charge is 0.195 e. The molecule has 1 aliphatic heterocycles. The average molecular weight is 316 g/mol. The van der Waals surface area contributed by atoms with Crippen molar-refractivity contribution in [1.82, 2.24) is 0 Å². The van der Waals surface area contributed by atoms with Crippen molar-refractivity contribution in [1.29, 1.82) is 0 Å². The molecule has 1 saturated heterocycles. The van der Waals surface area contributed by atoms with Crippen LogP contribution in [0.15, 0.2) is 54.6 Å². The van der Waals surface area contributed by atoms with Crippen LogP contribution in [0.4, 0.5) is 0 Å². The van der Waals surface area contributed by atoms with Crippen LogP contribution in [0, 0.1) is 0 Å². The zero-order valence-electron chi connectivity index (χ0n) is 11.4. The number of Topliss-reactive ketones (excluding diaryl/α,β-unsaturated/α-hetero) is 1. The molecular weight excluding hydrogens is 300 g/mol. The SMILES string of the molecule is O=C(c1ccccc1)C(O)c1ccc(C2SCCS2)cc1. The van der Waals surface area contributed by atoms with Gasteiger partial charge in [-0.05, 0) is 11.1 Å². The van der Waals surface area contributed by atoms with Crippen LogP contribution in [0.1, 0.15) is 32.2 Å². The number of aliphatic hydroxyl groups is 1. The molecule has 1 heterocycles. The topological polar surface area (TPSA) is 37.3 Å². The Labute approximate surface area is 133 Å². The lowest BCUT2D eigenvalue weighted by atomic mass is 9.99. The molecule has 2 aromatic rings. The summed E-state index contributed by atoms with van der Waals surface area (Å²) in [5, 5.41) is 10.2. The van der Waals surface area contributed by atoms with E-state index in [0.717, 1.165) is 0 Å². The predicted molar refractivity (Wildman–Crippen MR) is 89.8 cm³/mol. The number of hydrogen-bond acceptors (Lipinski definition) is 4. The van der Waals surface area contributed by atoms with Gasteiger partial charge in [0.1, 0.15) is 6.10 Å². The van der Waals surface area contributed by atoms with Gasteiger partial charge in [0.25, 0.3) is 0 Å². The predicted octanol–water partition coefficient (Wildman–Crippen LogP) is 4.08. The van der Waals surface area contributed by atoms with Crippen LogP contribution >= 0.6 is 23.5 Å². The zero-order valence-corrected chi connectivity index (χ0v) is 13.1. The Morgan fingerprint density at radius 1 is 1.00 bits per heavy atom. The number of benzene rings is 2. The van der Waals surface area contributed by atoms with Gasteiger partial charge < -0.3 is 5.11 Å². The second kappa shape index (κ2) is 6.69. The quantitative estimate of drug-likeness (QED) is 0.862. The van der Waals surface area contributed by atoms with Gasteiger partial charge in [-0.25, -0.2) is 0 Å². The number of thioether (sulfide) groups is 2. The normalized spacial score (nSPS) is 16.8. The lowest BCUT2D eigenvalue weighted by Gasteiger charge is -2.13. The minimum atomic E-state index is -1.09. The fourth-order valence-corrected chi connectivity index (χ4v) is 5.16. The van der Waals surface area contributed by atoms with E-state index in [9.17, 15) is 9.90 Å². The maximum absolute atomic E-state index is 12.2. The third-order valence-corrected chi connectivity index (χ3v) is 6.56. The first-order valence-corrected chi connectivity index (χ1v) is 8.96. The molecule has 1 fully saturated rings. The molecule has 1 atom stereocenters. The van der Waals surface area contributed by atoms with Gasteiger partial charge in [-0.2, -0.15) is 0 Å². The third kappa shape index (κ3) is 3.34. The molecule has 1 unspecified atom stereocenters. The van der Waals surface area contributed by atoms with E-state index in [4.69, 9.17) is 0 Å². The van der Waals surface area contributed by atoms with Gasteiger partial charge in [0.05, 0.1) is 4.58 Å². The van der Waals surface area contributed by atoms with E-state index >= 15 is 0 Å². The average Bonchev–Trinajstić information content (AvgIpc) is 3.09. The van der Waals surface area contributed by atoms with Crippen LogP contribution in [0.2, 0.25) is 0 Å². The summed E-state index contributed by atoms with van der Waals surface area (Å²) in [6.07, 6.45) is -1.09. The summed E-state index contributed by atoms with van der Waals surface area (Å²) in [7, 11) is 0. The molecule has 21 heavy (non-hydrogen) atoms. The van der Waals surface area contributed by atoms with Gasteiger partial charge in [0.15, 0.2) is 5.78 Å². The zero-order chi connectivity index (χ0) is 14.7. The first-order chi connectivity index (χ1) is 10.3. The van der Waals surface area contributed by atoms with Crippen LogP contribution < -0.4 is 0 Å². The highest BCUT2D eigenvalue weighted by atomic mass is 32.2. The molecule has 108 valence electrons. The highest BCUT2D eigenvalue weighted by molar-refractivity contribution is 8.19. The second-order valence-electron chi connectivity index (χ2n) is 4.87. The van der Waals surface area contributed by atoms with Crippen molar-refractivity contribution in [3.05, 3.63) is 71.3 Å². The molecule has 0 saturated carbocycles. The van der Waals surface area contributed by atoms with Crippen LogP contribution in [0.5, 0.6) is 0 Å². The van der Waals surface area contributed by atoms with Gasteiger partial charge in [-0.3, -0.25) is 4.79 Å². The van der Waals surface area contributed by atoms with Crippen molar-refractivity contribution in [2.45, 2.75) is 10.7 Å². The monoisotopic (exact) mass is 316 g/mol. The number of ketones is 1. The summed E-state index contributed by atoms with van der Waals surface area (Å²) in [6.45, 7) is 0. The van der Waals surface area contributed by atoms with E-state index in [-0.39, 0.29) is 5.78 Å². The Balaban J connectivity index is 1.75. The van der Waals surface area contributed by atoms with Crippen molar-refractivity contribution in [2.75, 3.05) is 11.5 Å². The van der Waals surface area contributed by atoms with E-state index in [1.807, 2.05) is 53.9 Å². The van der Waals surface area contributed by atoms with Crippen molar-refractivity contribution in [3.63, 3.8) is 0 Å². The van der Waals surface area contributed by atoms with Crippen molar-refractivity contribution in [2.24, 2.45) is 0 Å². The van der Waals surface area contributed by atoms with E-state index in [1.54, 1.807) is 24.3 Å². The summed E-state index contributed by atoms with van der Waals surface area (Å²) in [5.74, 6) is 2.12. The van der Waals surface area contributed by atoms with E-state index in [2.05, 4.69) is 0 Å². The van der Waals surface area contributed by atoms with E-state index in [0.29, 0.717) is 15.7 Å². The first kappa shape index (κ1) is 14.7. The molecular formula is C17H16O2S2. The minimum Gasteiger partial charge on any atom is -0.380 e. The number of hydrogen-bond donors (Lipinski definition) is 1. The molecule has 3 rings (SSSR count). The summed E-state index contributed by atoms with van der Waals surface area (Å²) in [6, 6.07) is 16.7. The van der Waals surface area contributed by atoms with Gasteiger partial charge in [0, 0.05) is 17.1 Å². The van der Waals surface area contributed by atoms with Crippen molar-refractivity contribution >= 4 is 29.3 Å². The molecule has 0 aromatic heterocycles. The van der Waals surface area contributed by atoms with Gasteiger partial charge in [0.2, 0.25) is 0 Å². The maximum atomic E-state index is 12.2. The van der Waals surface area contributed by atoms with Crippen LogP contribution in [0.25, 0.3) is 0 Å². The molecule has 1 aliphatic rings. The highest BCUT2D eigenvalue weighted by Crippen LogP contribution is 2.45. The van der Waals surface area contributed by atoms with E-state index < -0.39 is 6.10 Å². The fourth-order valence-electron chi connectivity index (χ4n) is 2.30. The Bertz CT molecular complexity index is 604. The summed E-state index contributed by atoms with van der Waals surface area (Å²) in [5.41, 5.74) is 2.45. The molecule has 2 nitrogen and oxygen atoms in total. The molecule has 4 heteroatoms. The minimum absolute atomic E-state index is 0.257. The summed E-state index contributed by atoms with van der Waals surface area (Å²) in [4.78, 5) is 12.2. The first-order valence-electron chi connectivity index (χ1n) is 6.86. The summed E-state index contributed by atoms with van der Waals surface area (Å²) >= 11 is 3.89. The Hall–Kier alpha value is -1.23. The summed E-state index contributed by atoms with van der Waals surface area (Å²) < 4.78 is 0.487. The molecule has 2 aromatic carbocycles. The largest absolute Gasteiger partial charge is 0.380 e. The Kier molecular flexibility index (Phi) is 4.68. The number of carbonyl (C=O) groups is 1. The van der Waals surface area contributed by atoms with Gasteiger partial charge in [-0.1, -0.05) is 54.6 Å². The second-order valence-corrected chi connectivity index (χ2v) is 7.60. The molecule has 0 amide bonds. The lowest BCUT2D eigenvalue weighted by molar-refractivity contribution is 0.0747. The Morgan fingerprint density at radius 2 is 1.62 bits per heavy atom. The number of carbonyl (C=O) groups excluding carboxylic acids is 1. The number of aliphatic hydroxyl groups excluding tert-OH is 1. The van der Waals surface area contributed by atoms with Gasteiger partial charge >= 0.3 is 0 Å². The molecule has 0 spiro atoms. The van der Waals surface area contributed by atoms with E-state index in [1.165, 1.54) is 17.1 Å². The fraction of sp³-hybridized carbons (Fsp3) is 0.235. The highest BCUT2D eigenvalue weighted by Gasteiger charge is 2.21. The third-order valence-electron chi connectivity index (χ3n) is 3.45. The molecule has 1 N–H and O–H groups in total. The molecule has 0 radical (unpaired) electrons. The van der Waals surface area contributed by atoms with Gasteiger partial charge in [-0.15, -0.1) is 23.5 Å². The number of rotatable bonds is 4. The standard InChI is InChI=1S/C17H16O2S2/c18-15(12-4-2-1-3-5-12)16(19)13-6-8-14(9-7-13)17-20-10-11-21-17/h1-9,16-17,19H,10-11H2. The van der Waals surface area contributed by atoms with Crippen LogP contribution in [-0.2, 0) is 0 Å². The maximum Gasteiger partial charge on any atom is 0.195 e. The van der Waals surface area contributed by atoms with Crippen LogP contribution in [0.3, 0.4) is 0 Å².